The maximum absolute atomic E-state index is 12.6. The van der Waals surface area contributed by atoms with Crippen LogP contribution in [-0.2, 0) is 14.3 Å². The van der Waals surface area contributed by atoms with E-state index in [1.165, 1.54) is 0 Å². The molecule has 4 aliphatic rings. The number of ether oxygens (including phenoxy) is 2. The van der Waals surface area contributed by atoms with E-state index in [1.54, 1.807) is 6.92 Å². The predicted octanol–water partition coefficient (Wildman–Crippen LogP) is 4.13. The second-order valence-corrected chi connectivity index (χ2v) is 8.41. The summed E-state index contributed by atoms with van der Waals surface area (Å²) in [6, 6.07) is 0. The molecule has 28 heavy (non-hydrogen) atoms. The predicted molar refractivity (Wildman–Crippen MR) is 83.7 cm³/mol. The van der Waals surface area contributed by atoms with Crippen LogP contribution in [-0.4, -0.2) is 41.4 Å². The van der Waals surface area contributed by atoms with E-state index in [2.05, 4.69) is 11.3 Å². The summed E-state index contributed by atoms with van der Waals surface area (Å²) in [5.74, 6) is -5.12. The molecule has 0 heterocycles. The Hall–Kier alpha value is -1.29. The van der Waals surface area contributed by atoms with Crippen LogP contribution in [0.2, 0.25) is 0 Å². The van der Waals surface area contributed by atoms with Gasteiger partial charge in [-0.15, -0.1) is 0 Å². The lowest BCUT2D eigenvalue weighted by Gasteiger charge is -2.59. The van der Waals surface area contributed by atoms with Gasteiger partial charge in [-0.2, -0.15) is 26.3 Å². The van der Waals surface area contributed by atoms with Gasteiger partial charge in [-0.3, -0.25) is 0 Å². The number of carbonyl (C=O) groups is 1. The van der Waals surface area contributed by atoms with Crippen molar-refractivity contribution in [1.29, 1.82) is 0 Å². The molecule has 0 aromatic rings. The van der Waals surface area contributed by atoms with Crippen LogP contribution in [0.4, 0.5) is 26.3 Å². The first-order valence-corrected chi connectivity index (χ1v) is 9.08. The lowest BCUT2D eigenvalue weighted by atomic mass is 9.50. The topological polar surface area (TPSA) is 55.8 Å². The largest absolute Gasteiger partial charge is 0.455 e. The summed E-state index contributed by atoms with van der Waals surface area (Å²) >= 11 is 0. The monoisotopic (exact) mass is 416 g/mol. The first kappa shape index (κ1) is 21.4. The Balaban J connectivity index is 1.64. The highest BCUT2D eigenvalue weighted by atomic mass is 19.4. The van der Waals surface area contributed by atoms with E-state index < -0.39 is 41.9 Å². The molecule has 0 aromatic heterocycles. The summed E-state index contributed by atoms with van der Waals surface area (Å²) < 4.78 is 85.1. The third-order valence-electron chi connectivity index (χ3n) is 6.58. The third-order valence-corrected chi connectivity index (χ3v) is 6.58. The van der Waals surface area contributed by atoms with Crippen LogP contribution in [0.1, 0.15) is 39.0 Å². The molecule has 0 spiro atoms. The SMILES string of the molecule is C=C(COC(O)(C(F)(F)F)C(F)(F)F)C(=O)OC1(C)C2CC3CC(C2)CC1C3. The maximum atomic E-state index is 12.6. The molecule has 0 radical (unpaired) electrons. The van der Waals surface area contributed by atoms with Gasteiger partial charge in [-0.1, -0.05) is 6.58 Å². The summed E-state index contributed by atoms with van der Waals surface area (Å²) in [6.45, 7) is 3.50. The van der Waals surface area contributed by atoms with Crippen molar-refractivity contribution in [2.24, 2.45) is 23.7 Å². The van der Waals surface area contributed by atoms with E-state index in [4.69, 9.17) is 9.84 Å². The molecule has 4 saturated carbocycles. The average Bonchev–Trinajstić information content (AvgIpc) is 2.54. The Morgan fingerprint density at radius 2 is 1.43 bits per heavy atom. The molecule has 0 aromatic carbocycles. The van der Waals surface area contributed by atoms with E-state index in [1.807, 2.05) is 0 Å². The molecule has 0 saturated heterocycles. The highest BCUT2D eigenvalue weighted by Crippen LogP contribution is 2.59. The highest BCUT2D eigenvalue weighted by Gasteiger charge is 2.72. The van der Waals surface area contributed by atoms with Gasteiger partial charge in [0.15, 0.2) is 0 Å². The zero-order valence-corrected chi connectivity index (χ0v) is 15.2. The van der Waals surface area contributed by atoms with Crippen LogP contribution in [0.15, 0.2) is 12.2 Å². The van der Waals surface area contributed by atoms with Crippen molar-refractivity contribution in [1.82, 2.24) is 0 Å². The van der Waals surface area contributed by atoms with Gasteiger partial charge in [-0.25, -0.2) is 4.79 Å². The molecule has 4 aliphatic carbocycles. The van der Waals surface area contributed by atoms with Gasteiger partial charge in [0.2, 0.25) is 0 Å². The smallest absolute Gasteiger partial charge is 0.453 e. The molecule has 4 rings (SSSR count). The number of hydrogen-bond donors (Lipinski definition) is 1. The minimum atomic E-state index is -6.14. The van der Waals surface area contributed by atoms with Crippen molar-refractivity contribution in [3.63, 3.8) is 0 Å². The van der Waals surface area contributed by atoms with Gasteiger partial charge in [0, 0.05) is 0 Å². The Labute approximate surface area is 157 Å². The number of alkyl halides is 6. The number of esters is 1. The van der Waals surface area contributed by atoms with Crippen LogP contribution >= 0.6 is 0 Å². The molecule has 4 bridgehead atoms. The second-order valence-electron chi connectivity index (χ2n) is 8.41. The van der Waals surface area contributed by atoms with Gasteiger partial charge in [0.1, 0.15) is 5.60 Å². The van der Waals surface area contributed by atoms with E-state index in [0.29, 0.717) is 11.8 Å². The Morgan fingerprint density at radius 3 is 1.82 bits per heavy atom. The Bertz CT molecular complexity index is 611. The number of rotatable bonds is 5. The fourth-order valence-corrected chi connectivity index (χ4v) is 5.13. The van der Waals surface area contributed by atoms with E-state index in [0.717, 1.165) is 32.1 Å². The Morgan fingerprint density at radius 1 is 1.00 bits per heavy atom. The lowest BCUT2D eigenvalue weighted by molar-refractivity contribution is -0.455. The fourth-order valence-electron chi connectivity index (χ4n) is 5.13. The zero-order valence-electron chi connectivity index (χ0n) is 15.2. The molecular weight excluding hydrogens is 394 g/mol. The van der Waals surface area contributed by atoms with Crippen LogP contribution in [0.3, 0.4) is 0 Å². The fraction of sp³-hybridized carbons (Fsp3) is 0.833. The van der Waals surface area contributed by atoms with E-state index in [9.17, 15) is 31.1 Å². The molecule has 4 fully saturated rings. The number of hydrogen-bond acceptors (Lipinski definition) is 4. The van der Waals surface area contributed by atoms with Gasteiger partial charge >= 0.3 is 24.1 Å². The quantitative estimate of drug-likeness (QED) is 0.317. The van der Waals surface area contributed by atoms with Crippen LogP contribution in [0.5, 0.6) is 0 Å². The normalized spacial score (nSPS) is 35.1. The van der Waals surface area contributed by atoms with Crippen molar-refractivity contribution >= 4 is 5.97 Å². The molecule has 0 atom stereocenters. The van der Waals surface area contributed by atoms with Crippen molar-refractivity contribution in [2.45, 2.75) is 62.8 Å². The third kappa shape index (κ3) is 3.42. The molecule has 0 aliphatic heterocycles. The number of aliphatic hydroxyl groups is 1. The standard InChI is InChI=1S/C18H22F6O4/c1-9(8-27-16(26,17(19,20)21)18(22,23)24)14(25)28-15(2)12-4-10-3-11(6-12)7-13(15)5-10/h10-13,26H,1,3-8H2,2H3. The van der Waals surface area contributed by atoms with Crippen molar-refractivity contribution in [3.8, 4) is 0 Å². The summed E-state index contributed by atoms with van der Waals surface area (Å²) in [5.41, 5.74) is -1.54. The summed E-state index contributed by atoms with van der Waals surface area (Å²) in [6.07, 6.45) is -7.55. The van der Waals surface area contributed by atoms with Crippen LogP contribution < -0.4 is 0 Å². The second kappa shape index (κ2) is 6.62. The van der Waals surface area contributed by atoms with Gasteiger partial charge in [-0.05, 0) is 62.7 Å². The van der Waals surface area contributed by atoms with Crippen LogP contribution in [0, 0.1) is 23.7 Å². The zero-order chi connectivity index (χ0) is 21.1. The first-order valence-electron chi connectivity index (χ1n) is 9.08. The molecular formula is C18H22F6O4. The molecule has 0 amide bonds. The minimum absolute atomic E-state index is 0.115. The lowest BCUT2D eigenvalue weighted by Crippen LogP contribution is -2.59. The van der Waals surface area contributed by atoms with Crippen molar-refractivity contribution in [2.75, 3.05) is 6.61 Å². The molecule has 1 N–H and O–H groups in total. The molecule has 10 heteroatoms. The van der Waals surface area contributed by atoms with Gasteiger partial charge in [0.25, 0.3) is 0 Å². The number of carbonyl (C=O) groups excluding carboxylic acids is 1. The molecule has 0 unspecified atom stereocenters. The maximum Gasteiger partial charge on any atom is 0.453 e. The molecule has 4 nitrogen and oxygen atoms in total. The van der Waals surface area contributed by atoms with Crippen molar-refractivity contribution < 1.29 is 45.7 Å². The van der Waals surface area contributed by atoms with E-state index >= 15 is 0 Å². The summed E-state index contributed by atoms with van der Waals surface area (Å²) in [7, 11) is 0. The number of halogens is 6. The van der Waals surface area contributed by atoms with Crippen LogP contribution in [0.25, 0.3) is 0 Å². The first-order chi connectivity index (χ1) is 12.7. The molecule has 160 valence electrons. The summed E-state index contributed by atoms with van der Waals surface area (Å²) in [4.78, 5) is 12.3. The van der Waals surface area contributed by atoms with Crippen molar-refractivity contribution in [3.05, 3.63) is 12.2 Å². The Kier molecular flexibility index (Phi) is 5.06. The minimum Gasteiger partial charge on any atom is -0.455 e. The average molecular weight is 416 g/mol. The van der Waals surface area contributed by atoms with Gasteiger partial charge in [0.05, 0.1) is 12.2 Å². The summed E-state index contributed by atoms with van der Waals surface area (Å²) in [5, 5.41) is 8.99. The van der Waals surface area contributed by atoms with Gasteiger partial charge < -0.3 is 14.6 Å². The highest BCUT2D eigenvalue weighted by molar-refractivity contribution is 5.88. The van der Waals surface area contributed by atoms with E-state index in [-0.39, 0.29) is 11.8 Å².